The lowest BCUT2D eigenvalue weighted by molar-refractivity contribution is 0.331. The van der Waals surface area contributed by atoms with Gasteiger partial charge in [-0.2, -0.15) is 0 Å². The number of hydrogen-bond donors (Lipinski definition) is 0. The minimum absolute atomic E-state index is 0.407. The van der Waals surface area contributed by atoms with Crippen LogP contribution in [-0.2, 0) is 0 Å². The summed E-state index contributed by atoms with van der Waals surface area (Å²) < 4.78 is 9.68. The molecule has 0 saturated carbocycles. The number of ether oxygens (including phenoxy) is 2. The Morgan fingerprint density at radius 3 is 1.70 bits per heavy atom. The predicted molar refractivity (Wildman–Crippen MR) is 35.1 cm³/mol. The fourth-order valence-electron chi connectivity index (χ4n) is 0.593. The molecule has 0 aliphatic rings. The van der Waals surface area contributed by atoms with E-state index in [1.165, 1.54) is 14.2 Å². The lowest BCUT2D eigenvalue weighted by atomic mass is 10.7. The van der Waals surface area contributed by atoms with E-state index in [2.05, 4.69) is 9.97 Å². The van der Waals surface area contributed by atoms with Crippen molar-refractivity contribution in [3.8, 4) is 11.8 Å². The molecular weight excluding hydrogens is 132 g/mol. The SMILES string of the molecule is COc1nccnc1OC. The summed E-state index contributed by atoms with van der Waals surface area (Å²) in [6.07, 6.45) is 3.09. The molecule has 1 rings (SSSR count). The molecule has 0 amide bonds. The molecule has 0 radical (unpaired) electrons. The van der Waals surface area contributed by atoms with E-state index < -0.39 is 0 Å². The van der Waals surface area contributed by atoms with Crippen molar-refractivity contribution < 1.29 is 9.47 Å². The number of aromatic nitrogens is 2. The van der Waals surface area contributed by atoms with E-state index >= 15 is 0 Å². The van der Waals surface area contributed by atoms with Gasteiger partial charge in [0.1, 0.15) is 0 Å². The van der Waals surface area contributed by atoms with Crippen molar-refractivity contribution in [2.45, 2.75) is 0 Å². The quantitative estimate of drug-likeness (QED) is 0.599. The summed E-state index contributed by atoms with van der Waals surface area (Å²) in [6.45, 7) is 0. The van der Waals surface area contributed by atoms with E-state index in [0.717, 1.165) is 0 Å². The minimum atomic E-state index is 0.407. The Morgan fingerprint density at radius 1 is 1.00 bits per heavy atom. The van der Waals surface area contributed by atoms with E-state index in [1.54, 1.807) is 12.4 Å². The summed E-state index contributed by atoms with van der Waals surface area (Å²) in [5.41, 5.74) is 0. The van der Waals surface area contributed by atoms with Gasteiger partial charge in [0, 0.05) is 12.4 Å². The molecule has 0 aromatic carbocycles. The monoisotopic (exact) mass is 140 g/mol. The Kier molecular flexibility index (Phi) is 2.04. The van der Waals surface area contributed by atoms with Gasteiger partial charge in [-0.1, -0.05) is 0 Å². The first kappa shape index (κ1) is 6.80. The molecule has 0 bridgehead atoms. The van der Waals surface area contributed by atoms with Gasteiger partial charge >= 0.3 is 0 Å². The molecule has 4 nitrogen and oxygen atoms in total. The maximum absolute atomic E-state index is 4.84. The van der Waals surface area contributed by atoms with Crippen LogP contribution in [0.2, 0.25) is 0 Å². The molecule has 0 aliphatic carbocycles. The summed E-state index contributed by atoms with van der Waals surface area (Å²) in [4.78, 5) is 7.72. The van der Waals surface area contributed by atoms with Crippen LogP contribution in [0.1, 0.15) is 0 Å². The van der Waals surface area contributed by atoms with Crippen LogP contribution in [0, 0.1) is 0 Å². The zero-order valence-electron chi connectivity index (χ0n) is 5.87. The molecule has 0 N–H and O–H groups in total. The molecule has 1 aromatic rings. The second-order valence-corrected chi connectivity index (χ2v) is 1.57. The number of nitrogens with zero attached hydrogens (tertiary/aromatic N) is 2. The topological polar surface area (TPSA) is 44.2 Å². The Hall–Kier alpha value is -1.32. The third kappa shape index (κ3) is 1.15. The van der Waals surface area contributed by atoms with Gasteiger partial charge in [-0.15, -0.1) is 0 Å². The van der Waals surface area contributed by atoms with Gasteiger partial charge in [0.25, 0.3) is 11.8 Å². The van der Waals surface area contributed by atoms with Crippen molar-refractivity contribution in [1.29, 1.82) is 0 Å². The fourth-order valence-corrected chi connectivity index (χ4v) is 0.593. The first-order valence-corrected chi connectivity index (χ1v) is 2.77. The smallest absolute Gasteiger partial charge is 0.277 e. The molecule has 1 heterocycles. The average molecular weight is 140 g/mol. The highest BCUT2D eigenvalue weighted by Gasteiger charge is 2.01. The van der Waals surface area contributed by atoms with Crippen molar-refractivity contribution in [2.75, 3.05) is 14.2 Å². The molecule has 10 heavy (non-hydrogen) atoms. The second kappa shape index (κ2) is 3.00. The zero-order chi connectivity index (χ0) is 7.40. The van der Waals surface area contributed by atoms with Crippen LogP contribution in [0.4, 0.5) is 0 Å². The fraction of sp³-hybridized carbons (Fsp3) is 0.333. The predicted octanol–water partition coefficient (Wildman–Crippen LogP) is 0.494. The summed E-state index contributed by atoms with van der Waals surface area (Å²) in [6, 6.07) is 0. The standard InChI is InChI=1S/C6H8N2O2/c1-9-5-6(10-2)8-4-3-7-5/h3-4H,1-2H3. The molecular formula is C6H8N2O2. The molecule has 0 saturated heterocycles. The molecule has 4 heteroatoms. The van der Waals surface area contributed by atoms with Crippen LogP contribution >= 0.6 is 0 Å². The lowest BCUT2D eigenvalue weighted by Gasteiger charge is -2.01. The van der Waals surface area contributed by atoms with Crippen LogP contribution in [0.3, 0.4) is 0 Å². The molecule has 0 atom stereocenters. The zero-order valence-corrected chi connectivity index (χ0v) is 5.87. The van der Waals surface area contributed by atoms with Crippen molar-refractivity contribution in [3.05, 3.63) is 12.4 Å². The summed E-state index contributed by atoms with van der Waals surface area (Å²) >= 11 is 0. The van der Waals surface area contributed by atoms with E-state index in [1.807, 2.05) is 0 Å². The summed E-state index contributed by atoms with van der Waals surface area (Å²) in [5, 5.41) is 0. The van der Waals surface area contributed by atoms with E-state index in [4.69, 9.17) is 9.47 Å². The van der Waals surface area contributed by atoms with Gasteiger partial charge in [0.2, 0.25) is 0 Å². The van der Waals surface area contributed by atoms with Gasteiger partial charge in [0.15, 0.2) is 0 Å². The Morgan fingerprint density at radius 2 is 1.40 bits per heavy atom. The molecule has 0 spiro atoms. The summed E-state index contributed by atoms with van der Waals surface area (Å²) in [7, 11) is 3.04. The first-order chi connectivity index (χ1) is 4.88. The Bertz CT molecular complexity index is 192. The molecule has 0 aliphatic heterocycles. The number of rotatable bonds is 2. The van der Waals surface area contributed by atoms with Gasteiger partial charge in [-0.05, 0) is 0 Å². The minimum Gasteiger partial charge on any atom is -0.477 e. The molecule has 0 fully saturated rings. The van der Waals surface area contributed by atoms with Crippen LogP contribution in [-0.4, -0.2) is 24.2 Å². The van der Waals surface area contributed by atoms with Gasteiger partial charge in [-0.3, -0.25) is 0 Å². The van der Waals surface area contributed by atoms with Crippen molar-refractivity contribution in [2.24, 2.45) is 0 Å². The van der Waals surface area contributed by atoms with E-state index in [-0.39, 0.29) is 0 Å². The van der Waals surface area contributed by atoms with Crippen molar-refractivity contribution in [1.82, 2.24) is 9.97 Å². The third-order valence-corrected chi connectivity index (χ3v) is 1.02. The highest BCUT2D eigenvalue weighted by Crippen LogP contribution is 2.17. The van der Waals surface area contributed by atoms with Crippen LogP contribution in [0.25, 0.3) is 0 Å². The van der Waals surface area contributed by atoms with E-state index in [9.17, 15) is 0 Å². The van der Waals surface area contributed by atoms with Gasteiger partial charge in [-0.25, -0.2) is 9.97 Å². The largest absolute Gasteiger partial charge is 0.477 e. The maximum Gasteiger partial charge on any atom is 0.277 e. The summed E-state index contributed by atoms with van der Waals surface area (Å²) in [5.74, 6) is 0.815. The number of hydrogen-bond acceptors (Lipinski definition) is 4. The maximum atomic E-state index is 4.84. The normalized spacial score (nSPS) is 9.00. The highest BCUT2D eigenvalue weighted by atomic mass is 16.5. The molecule has 54 valence electrons. The van der Waals surface area contributed by atoms with Crippen LogP contribution < -0.4 is 9.47 Å². The van der Waals surface area contributed by atoms with Gasteiger partial charge < -0.3 is 9.47 Å². The molecule has 1 aromatic heterocycles. The van der Waals surface area contributed by atoms with Crippen LogP contribution in [0.15, 0.2) is 12.4 Å². The Balaban J connectivity index is 2.96. The van der Waals surface area contributed by atoms with Crippen molar-refractivity contribution in [3.63, 3.8) is 0 Å². The molecule has 0 unspecified atom stereocenters. The van der Waals surface area contributed by atoms with E-state index in [0.29, 0.717) is 11.8 Å². The highest BCUT2D eigenvalue weighted by molar-refractivity contribution is 5.23. The third-order valence-electron chi connectivity index (χ3n) is 1.02. The first-order valence-electron chi connectivity index (χ1n) is 2.77. The second-order valence-electron chi connectivity index (χ2n) is 1.57. The van der Waals surface area contributed by atoms with Crippen LogP contribution in [0.5, 0.6) is 11.8 Å². The average Bonchev–Trinajstić information content (AvgIpc) is 2.04. The lowest BCUT2D eigenvalue weighted by Crippen LogP contribution is -1.94. The Labute approximate surface area is 58.8 Å². The van der Waals surface area contributed by atoms with Crippen molar-refractivity contribution >= 4 is 0 Å². The number of methoxy groups -OCH3 is 2. The van der Waals surface area contributed by atoms with Gasteiger partial charge in [0.05, 0.1) is 14.2 Å².